The van der Waals surface area contributed by atoms with E-state index in [4.69, 9.17) is 4.43 Å². The summed E-state index contributed by atoms with van der Waals surface area (Å²) in [6.07, 6.45) is 16.1. The molecule has 3 aliphatic rings. The quantitative estimate of drug-likeness (QED) is 0.201. The molecule has 0 spiro atoms. The van der Waals surface area contributed by atoms with E-state index >= 15 is 0 Å². The molecule has 3 aliphatic carbocycles. The Bertz CT molecular complexity index is 538. The Balaban J connectivity index is 1.93. The second-order valence-corrected chi connectivity index (χ2v) is 18.5. The first-order chi connectivity index (χ1) is 14.3. The van der Waals surface area contributed by atoms with Crippen LogP contribution < -0.4 is 0 Å². The van der Waals surface area contributed by atoms with Gasteiger partial charge in [-0.05, 0) is 61.1 Å². The normalized spacial score (nSPS) is 28.8. The van der Waals surface area contributed by atoms with Gasteiger partial charge < -0.3 is 4.43 Å². The highest BCUT2D eigenvalue weighted by Crippen LogP contribution is 2.65. The van der Waals surface area contributed by atoms with Crippen molar-refractivity contribution in [2.75, 3.05) is 0 Å². The first-order valence-electron chi connectivity index (χ1n) is 14.0. The van der Waals surface area contributed by atoms with Crippen molar-refractivity contribution >= 4 is 15.0 Å². The smallest absolute Gasteiger partial charge is 0.192 e. The Morgan fingerprint density at radius 3 is 2.16 bits per heavy atom. The molecule has 3 fully saturated rings. The standard InChI is InChI=1S/C28H57BOSi/c1-11-12-13-14-15-16-18-29(19-17-22(2)30-31(9,10)27(4,5)6)26-21-24-20-25(23(26)3)28(24,7)8/h22-26H,11-21H2,1-10H3/t22-,23-,24+,25-,26-/m1/s1. The molecule has 0 saturated heterocycles. The summed E-state index contributed by atoms with van der Waals surface area (Å²) in [5.74, 6) is 3.85. The van der Waals surface area contributed by atoms with Crippen LogP contribution in [0.3, 0.4) is 0 Å². The van der Waals surface area contributed by atoms with Gasteiger partial charge in [-0.15, -0.1) is 0 Å². The molecular weight excluding hydrogens is 391 g/mol. The molecule has 0 aliphatic heterocycles. The number of fused-ring (bicyclic) bond motifs is 2. The fourth-order valence-corrected chi connectivity index (χ4v) is 8.24. The topological polar surface area (TPSA) is 9.23 Å². The van der Waals surface area contributed by atoms with Gasteiger partial charge in [-0.2, -0.15) is 0 Å². The molecule has 3 saturated carbocycles. The van der Waals surface area contributed by atoms with Crippen LogP contribution in [0.25, 0.3) is 0 Å². The van der Waals surface area contributed by atoms with Gasteiger partial charge in [0.25, 0.3) is 0 Å². The van der Waals surface area contributed by atoms with Gasteiger partial charge in [0.2, 0.25) is 0 Å². The first-order valence-corrected chi connectivity index (χ1v) is 16.9. The highest BCUT2D eigenvalue weighted by molar-refractivity contribution is 6.74. The van der Waals surface area contributed by atoms with Crippen LogP contribution in [0.4, 0.5) is 0 Å². The lowest BCUT2D eigenvalue weighted by Gasteiger charge is -2.63. The average molecular weight is 449 g/mol. The van der Waals surface area contributed by atoms with Gasteiger partial charge in [-0.1, -0.05) is 112 Å². The Kier molecular flexibility index (Phi) is 9.85. The molecule has 0 aromatic rings. The van der Waals surface area contributed by atoms with Crippen molar-refractivity contribution in [2.45, 2.75) is 156 Å². The van der Waals surface area contributed by atoms with Crippen LogP contribution in [0.1, 0.15) is 113 Å². The third-order valence-electron chi connectivity index (χ3n) is 10.2. The summed E-state index contributed by atoms with van der Waals surface area (Å²) in [7, 11) is -1.66. The lowest BCUT2D eigenvalue weighted by atomic mass is 9.27. The lowest BCUT2D eigenvalue weighted by molar-refractivity contribution is -0.0992. The van der Waals surface area contributed by atoms with Gasteiger partial charge in [0.05, 0.1) is 0 Å². The van der Waals surface area contributed by atoms with E-state index in [0.717, 1.165) is 30.3 Å². The molecule has 1 nitrogen and oxygen atoms in total. The predicted octanol–water partition coefficient (Wildman–Crippen LogP) is 9.71. The molecule has 0 unspecified atom stereocenters. The molecule has 0 aromatic carbocycles. The third-order valence-corrected chi connectivity index (χ3v) is 14.8. The fraction of sp³-hybridized carbons (Fsp3) is 1.00. The van der Waals surface area contributed by atoms with E-state index in [9.17, 15) is 0 Å². The SMILES string of the molecule is CCCCCCCCB(CC[C@@H](C)O[Si](C)(C)C(C)(C)C)[C@@H]1C[C@@H]2C[C@H]([C@H]1C)C2(C)C. The molecule has 182 valence electrons. The molecular formula is C28H57BOSi. The molecule has 0 heterocycles. The number of hydrogen-bond donors (Lipinski definition) is 0. The van der Waals surface area contributed by atoms with Crippen LogP contribution in [-0.4, -0.2) is 21.1 Å². The van der Waals surface area contributed by atoms with Gasteiger partial charge >= 0.3 is 0 Å². The monoisotopic (exact) mass is 448 g/mol. The van der Waals surface area contributed by atoms with Crippen molar-refractivity contribution < 1.29 is 4.43 Å². The van der Waals surface area contributed by atoms with Gasteiger partial charge in [0.15, 0.2) is 8.32 Å². The maximum Gasteiger partial charge on any atom is 0.192 e. The third kappa shape index (κ3) is 6.87. The summed E-state index contributed by atoms with van der Waals surface area (Å²) >= 11 is 0. The minimum atomic E-state index is -1.66. The van der Waals surface area contributed by atoms with Gasteiger partial charge in [0.1, 0.15) is 6.71 Å². The second kappa shape index (κ2) is 11.1. The molecule has 0 amide bonds. The number of hydrogen-bond acceptors (Lipinski definition) is 1. The first kappa shape index (κ1) is 27.5. The van der Waals surface area contributed by atoms with Crippen LogP contribution in [0, 0.1) is 23.2 Å². The summed E-state index contributed by atoms with van der Waals surface area (Å²) in [6.45, 7) is 25.2. The van der Waals surface area contributed by atoms with E-state index in [1.807, 2.05) is 0 Å². The Morgan fingerprint density at radius 1 is 1.00 bits per heavy atom. The molecule has 0 N–H and O–H groups in total. The van der Waals surface area contributed by atoms with Crippen LogP contribution in [0.15, 0.2) is 0 Å². The van der Waals surface area contributed by atoms with Crippen molar-refractivity contribution in [3.05, 3.63) is 0 Å². The minimum Gasteiger partial charge on any atom is -0.414 e. The van der Waals surface area contributed by atoms with Crippen molar-refractivity contribution in [3.63, 3.8) is 0 Å². The van der Waals surface area contributed by atoms with E-state index < -0.39 is 8.32 Å². The van der Waals surface area contributed by atoms with E-state index in [2.05, 4.69) is 68.5 Å². The van der Waals surface area contributed by atoms with Crippen LogP contribution >= 0.6 is 0 Å². The van der Waals surface area contributed by atoms with Crippen molar-refractivity contribution in [2.24, 2.45) is 23.2 Å². The van der Waals surface area contributed by atoms with Crippen LogP contribution in [0.2, 0.25) is 36.6 Å². The number of unbranched alkanes of at least 4 members (excludes halogenated alkanes) is 5. The van der Waals surface area contributed by atoms with Gasteiger partial charge in [-0.3, -0.25) is 0 Å². The van der Waals surface area contributed by atoms with Crippen LogP contribution in [-0.2, 0) is 4.43 Å². The maximum atomic E-state index is 6.74. The molecule has 0 aromatic heterocycles. The highest BCUT2D eigenvalue weighted by Gasteiger charge is 2.57. The van der Waals surface area contributed by atoms with E-state index in [0.29, 0.717) is 16.6 Å². The molecule has 3 rings (SSSR count). The zero-order valence-electron chi connectivity index (χ0n) is 23.2. The van der Waals surface area contributed by atoms with Gasteiger partial charge in [0, 0.05) is 6.10 Å². The van der Waals surface area contributed by atoms with Crippen LogP contribution in [0.5, 0.6) is 0 Å². The number of rotatable bonds is 13. The maximum absolute atomic E-state index is 6.74. The van der Waals surface area contributed by atoms with E-state index in [1.54, 1.807) is 0 Å². The summed E-state index contributed by atoms with van der Waals surface area (Å²) < 4.78 is 6.74. The van der Waals surface area contributed by atoms with Crippen molar-refractivity contribution in [1.82, 2.24) is 0 Å². The zero-order chi connectivity index (χ0) is 23.4. The zero-order valence-corrected chi connectivity index (χ0v) is 24.2. The highest BCUT2D eigenvalue weighted by atomic mass is 28.4. The van der Waals surface area contributed by atoms with Crippen molar-refractivity contribution in [1.29, 1.82) is 0 Å². The molecule has 5 atom stereocenters. The average Bonchev–Trinajstić information content (AvgIpc) is 2.65. The van der Waals surface area contributed by atoms with E-state index in [-0.39, 0.29) is 0 Å². The largest absolute Gasteiger partial charge is 0.414 e. The molecule has 0 radical (unpaired) electrons. The summed E-state index contributed by atoms with van der Waals surface area (Å²) in [6, 6.07) is 0. The Labute approximate surface area is 198 Å². The van der Waals surface area contributed by atoms with Gasteiger partial charge in [-0.25, -0.2) is 0 Å². The summed E-state index contributed by atoms with van der Waals surface area (Å²) in [5, 5.41) is 0.309. The molecule has 31 heavy (non-hydrogen) atoms. The molecule has 2 bridgehead atoms. The minimum absolute atomic E-state index is 0.309. The Hall–Kier alpha value is 0.242. The summed E-state index contributed by atoms with van der Waals surface area (Å²) in [5.41, 5.74) is 0.610. The second-order valence-electron chi connectivity index (χ2n) is 13.7. The predicted molar refractivity (Wildman–Crippen MR) is 144 cm³/mol. The van der Waals surface area contributed by atoms with E-state index in [1.165, 1.54) is 70.4 Å². The Morgan fingerprint density at radius 2 is 1.61 bits per heavy atom. The summed E-state index contributed by atoms with van der Waals surface area (Å²) in [4.78, 5) is 0. The molecule has 3 heteroatoms. The fourth-order valence-electron chi connectivity index (χ4n) is 6.76. The van der Waals surface area contributed by atoms with Crippen molar-refractivity contribution in [3.8, 4) is 0 Å². The lowest BCUT2D eigenvalue weighted by Crippen LogP contribution is -2.55.